The fraction of sp³-hybridized carbons (Fsp3) is 0.481. The molecule has 5 rings (SSSR count). The average Bonchev–Trinajstić information content (AvgIpc) is 3.33. The molecule has 1 aromatic heterocycles. The van der Waals surface area contributed by atoms with E-state index in [2.05, 4.69) is 15.2 Å². The SMILES string of the molecule is O=C(COC1CCC(Nc2ccc([N+](=O)[O-])c(C(F)(F)F)c2)CC1)N1CCN(Cc2nc3cc(Cl)ccc3s2)CC1. The molecular weight excluding hydrogens is 583 g/mol. The van der Waals surface area contributed by atoms with Crippen LogP contribution in [0.4, 0.5) is 24.5 Å². The highest BCUT2D eigenvalue weighted by Gasteiger charge is 2.38. The van der Waals surface area contributed by atoms with Gasteiger partial charge in [-0.2, -0.15) is 13.2 Å². The van der Waals surface area contributed by atoms with Crippen molar-refractivity contribution in [1.29, 1.82) is 0 Å². The molecule has 0 atom stereocenters. The van der Waals surface area contributed by atoms with E-state index in [4.69, 9.17) is 16.3 Å². The minimum atomic E-state index is -4.82. The number of rotatable bonds is 8. The molecule has 220 valence electrons. The lowest BCUT2D eigenvalue weighted by Crippen LogP contribution is -2.49. The zero-order chi connectivity index (χ0) is 29.1. The van der Waals surface area contributed by atoms with Crippen molar-refractivity contribution in [3.63, 3.8) is 0 Å². The van der Waals surface area contributed by atoms with E-state index >= 15 is 0 Å². The van der Waals surface area contributed by atoms with Gasteiger partial charge in [-0.05, 0) is 56.0 Å². The fourth-order valence-electron chi connectivity index (χ4n) is 5.26. The monoisotopic (exact) mass is 611 g/mol. The van der Waals surface area contributed by atoms with E-state index in [1.54, 1.807) is 11.3 Å². The highest BCUT2D eigenvalue weighted by molar-refractivity contribution is 7.18. The molecule has 0 bridgehead atoms. The van der Waals surface area contributed by atoms with E-state index < -0.39 is 22.4 Å². The van der Waals surface area contributed by atoms with Crippen molar-refractivity contribution in [3.8, 4) is 0 Å². The van der Waals surface area contributed by atoms with Crippen molar-refractivity contribution in [2.75, 3.05) is 38.1 Å². The molecule has 41 heavy (non-hydrogen) atoms. The lowest BCUT2D eigenvalue weighted by atomic mass is 9.92. The topological polar surface area (TPSA) is 101 Å². The number of thiazole rings is 1. The number of alkyl halides is 3. The van der Waals surface area contributed by atoms with E-state index in [1.165, 1.54) is 6.07 Å². The summed E-state index contributed by atoms with van der Waals surface area (Å²) in [6, 6.07) is 8.57. The van der Waals surface area contributed by atoms with Crippen molar-refractivity contribution in [2.24, 2.45) is 0 Å². The van der Waals surface area contributed by atoms with Gasteiger partial charge in [-0.1, -0.05) is 11.6 Å². The predicted molar refractivity (Wildman–Crippen MR) is 150 cm³/mol. The van der Waals surface area contributed by atoms with Crippen LogP contribution >= 0.6 is 22.9 Å². The molecule has 1 N–H and O–H groups in total. The second-order valence-electron chi connectivity index (χ2n) is 10.3. The highest BCUT2D eigenvalue weighted by atomic mass is 35.5. The van der Waals surface area contributed by atoms with Gasteiger partial charge in [0.2, 0.25) is 5.91 Å². The van der Waals surface area contributed by atoms with Crippen LogP contribution in [-0.4, -0.2) is 70.5 Å². The van der Waals surface area contributed by atoms with Crippen LogP contribution in [0.3, 0.4) is 0 Å². The van der Waals surface area contributed by atoms with E-state index in [-0.39, 0.29) is 30.3 Å². The van der Waals surface area contributed by atoms with Gasteiger partial charge in [-0.3, -0.25) is 19.8 Å². The second-order valence-corrected chi connectivity index (χ2v) is 11.8. The number of nitrogens with one attached hydrogen (secondary N) is 1. The maximum Gasteiger partial charge on any atom is 0.423 e. The highest BCUT2D eigenvalue weighted by Crippen LogP contribution is 2.38. The Balaban J connectivity index is 1.03. The van der Waals surface area contributed by atoms with E-state index in [1.807, 2.05) is 23.1 Å². The number of hydrogen-bond donors (Lipinski definition) is 1. The van der Waals surface area contributed by atoms with Crippen LogP contribution in [0.5, 0.6) is 0 Å². The number of carbonyl (C=O) groups excluding carboxylic acids is 1. The second kappa shape index (κ2) is 12.5. The molecule has 1 aliphatic carbocycles. The van der Waals surface area contributed by atoms with Crippen molar-refractivity contribution >= 4 is 50.4 Å². The van der Waals surface area contributed by atoms with Crippen LogP contribution in [-0.2, 0) is 22.3 Å². The molecule has 1 amide bonds. The zero-order valence-corrected chi connectivity index (χ0v) is 23.6. The first kappa shape index (κ1) is 29.5. The molecule has 0 unspecified atom stereocenters. The molecule has 9 nitrogen and oxygen atoms in total. The summed E-state index contributed by atoms with van der Waals surface area (Å²) in [6.45, 7) is 3.45. The summed E-state index contributed by atoms with van der Waals surface area (Å²) >= 11 is 7.71. The maximum absolute atomic E-state index is 13.3. The molecule has 0 spiro atoms. The molecule has 2 heterocycles. The van der Waals surface area contributed by atoms with Gasteiger partial charge in [0.05, 0.1) is 27.8 Å². The van der Waals surface area contributed by atoms with Crippen molar-refractivity contribution < 1.29 is 27.6 Å². The summed E-state index contributed by atoms with van der Waals surface area (Å²) in [7, 11) is 0. The first-order chi connectivity index (χ1) is 19.5. The molecule has 3 aromatic rings. The van der Waals surface area contributed by atoms with Crippen LogP contribution < -0.4 is 5.32 Å². The van der Waals surface area contributed by atoms with Crippen LogP contribution in [0, 0.1) is 10.1 Å². The number of benzene rings is 2. The smallest absolute Gasteiger partial charge is 0.382 e. The zero-order valence-electron chi connectivity index (χ0n) is 22.0. The van der Waals surface area contributed by atoms with Crippen molar-refractivity contribution in [3.05, 3.63) is 62.1 Å². The molecule has 2 aliphatic rings. The summed E-state index contributed by atoms with van der Waals surface area (Å²) < 4.78 is 46.8. The number of nitrogens with zero attached hydrogens (tertiary/aromatic N) is 4. The number of fused-ring (bicyclic) bond motifs is 1. The quantitative estimate of drug-likeness (QED) is 0.248. The Morgan fingerprint density at radius 3 is 2.54 bits per heavy atom. The van der Waals surface area contributed by atoms with E-state index in [0.29, 0.717) is 43.8 Å². The van der Waals surface area contributed by atoms with Gasteiger partial charge in [-0.15, -0.1) is 11.3 Å². The molecule has 2 fully saturated rings. The number of ether oxygens (including phenoxy) is 1. The Kier molecular flexibility index (Phi) is 8.97. The number of hydrogen-bond acceptors (Lipinski definition) is 8. The lowest BCUT2D eigenvalue weighted by Gasteiger charge is -2.35. The number of halogens is 4. The molecule has 1 saturated heterocycles. The Labute approximate surface area is 243 Å². The number of amides is 1. The Bertz CT molecular complexity index is 1410. The summed E-state index contributed by atoms with van der Waals surface area (Å²) in [5.41, 5.74) is -1.15. The van der Waals surface area contributed by atoms with Crippen LogP contribution in [0.2, 0.25) is 5.02 Å². The lowest BCUT2D eigenvalue weighted by molar-refractivity contribution is -0.388. The summed E-state index contributed by atoms with van der Waals surface area (Å²) in [5.74, 6) is -0.0508. The molecule has 1 saturated carbocycles. The maximum atomic E-state index is 13.3. The number of carbonyl (C=O) groups is 1. The minimum absolute atomic E-state index is 0.00130. The van der Waals surface area contributed by atoms with E-state index in [0.717, 1.165) is 47.0 Å². The van der Waals surface area contributed by atoms with Gasteiger partial charge in [0.15, 0.2) is 0 Å². The summed E-state index contributed by atoms with van der Waals surface area (Å²) in [5, 5.41) is 15.7. The van der Waals surface area contributed by atoms with Gasteiger partial charge in [0.1, 0.15) is 17.2 Å². The van der Waals surface area contributed by atoms with Gasteiger partial charge in [0.25, 0.3) is 5.69 Å². The molecule has 0 radical (unpaired) electrons. The first-order valence-corrected chi connectivity index (χ1v) is 14.5. The molecule has 2 aromatic carbocycles. The van der Waals surface area contributed by atoms with Gasteiger partial charge in [0, 0.05) is 49.0 Å². The Morgan fingerprint density at radius 2 is 1.85 bits per heavy atom. The van der Waals surface area contributed by atoms with Gasteiger partial charge >= 0.3 is 6.18 Å². The largest absolute Gasteiger partial charge is 0.423 e. The fourth-order valence-corrected chi connectivity index (χ4v) is 6.42. The minimum Gasteiger partial charge on any atom is -0.382 e. The van der Waals surface area contributed by atoms with Crippen molar-refractivity contribution in [1.82, 2.24) is 14.8 Å². The number of nitro benzene ring substituents is 1. The third-order valence-corrected chi connectivity index (χ3v) is 8.72. The van der Waals surface area contributed by atoms with Crippen LogP contribution in [0.25, 0.3) is 10.2 Å². The Hall–Kier alpha value is -3.00. The van der Waals surface area contributed by atoms with E-state index in [9.17, 15) is 28.1 Å². The molecular formula is C27H29ClF3N5O4S. The van der Waals surface area contributed by atoms with Crippen LogP contribution in [0.1, 0.15) is 36.3 Å². The average molecular weight is 612 g/mol. The number of nitro groups is 1. The van der Waals surface area contributed by atoms with Crippen molar-refractivity contribution in [2.45, 2.75) is 50.6 Å². The van der Waals surface area contributed by atoms with Gasteiger partial charge < -0.3 is 15.0 Å². The summed E-state index contributed by atoms with van der Waals surface area (Å²) in [4.78, 5) is 31.5. The molecule has 14 heteroatoms. The number of anilines is 1. The Morgan fingerprint density at radius 1 is 1.12 bits per heavy atom. The third-order valence-electron chi connectivity index (χ3n) is 7.46. The van der Waals surface area contributed by atoms with Crippen LogP contribution in [0.15, 0.2) is 36.4 Å². The van der Waals surface area contributed by atoms with Gasteiger partial charge in [-0.25, -0.2) is 4.98 Å². The summed E-state index contributed by atoms with van der Waals surface area (Å²) in [6.07, 6.45) is -2.32. The predicted octanol–water partition coefficient (Wildman–Crippen LogP) is 5.96. The standard InChI is InChI=1S/C27H29ClF3N5O4S/c28-17-1-8-24-22(13-17)33-25(41-24)15-34-9-11-35(12-10-34)26(37)16-40-20-5-2-18(3-6-20)32-19-4-7-23(36(38)39)21(14-19)27(29,30)31/h1,4,7-8,13-14,18,20,32H,2-3,5-6,9-12,15-16H2. The molecule has 1 aliphatic heterocycles. The number of aromatic nitrogens is 1. The third kappa shape index (κ3) is 7.45. The number of piperazine rings is 1. The first-order valence-electron chi connectivity index (χ1n) is 13.3. The normalized spacial score (nSPS) is 20.3.